The number of benzene rings is 3. The summed E-state index contributed by atoms with van der Waals surface area (Å²) in [6.07, 6.45) is 3.53. The van der Waals surface area contributed by atoms with E-state index in [0.717, 1.165) is 42.5 Å². The Balaban J connectivity index is 1.35. The molecule has 5 rings (SSSR count). The van der Waals surface area contributed by atoms with E-state index in [1.807, 2.05) is 72.5 Å². The minimum atomic E-state index is -0.237. The van der Waals surface area contributed by atoms with Crippen LogP contribution in [0.2, 0.25) is 0 Å². The van der Waals surface area contributed by atoms with Gasteiger partial charge < -0.3 is 26.2 Å². The van der Waals surface area contributed by atoms with Gasteiger partial charge in [0.1, 0.15) is 0 Å². The first-order valence-electron chi connectivity index (χ1n) is 15.7. The SMILES string of the molecule is Cc1cccc(C(=O)N2CCN(c3ccc(C(=O)NC4CCC(N)CC4)cc3NC(=O)c3ccc(C(C)(C)C)cc3)CC2)c1. The molecule has 0 radical (unpaired) electrons. The molecule has 3 aromatic carbocycles. The highest BCUT2D eigenvalue weighted by molar-refractivity contribution is 6.07. The summed E-state index contributed by atoms with van der Waals surface area (Å²) >= 11 is 0. The summed E-state index contributed by atoms with van der Waals surface area (Å²) in [4.78, 5) is 43.9. The first kappa shape index (κ1) is 31.3. The fourth-order valence-corrected chi connectivity index (χ4v) is 6.01. The van der Waals surface area contributed by atoms with Gasteiger partial charge in [-0.05, 0) is 86.1 Å². The van der Waals surface area contributed by atoms with Crippen molar-refractivity contribution in [2.75, 3.05) is 36.4 Å². The van der Waals surface area contributed by atoms with E-state index in [1.54, 1.807) is 6.07 Å². The second-order valence-electron chi connectivity index (χ2n) is 13.2. The van der Waals surface area contributed by atoms with E-state index in [2.05, 4.69) is 36.3 Å². The van der Waals surface area contributed by atoms with Crippen molar-refractivity contribution < 1.29 is 14.4 Å². The van der Waals surface area contributed by atoms with E-state index in [9.17, 15) is 14.4 Å². The minimum Gasteiger partial charge on any atom is -0.366 e. The maximum Gasteiger partial charge on any atom is 0.255 e. The van der Waals surface area contributed by atoms with Crippen molar-refractivity contribution in [3.63, 3.8) is 0 Å². The summed E-state index contributed by atoms with van der Waals surface area (Å²) < 4.78 is 0. The lowest BCUT2D eigenvalue weighted by molar-refractivity contribution is 0.0746. The molecule has 1 aliphatic heterocycles. The van der Waals surface area contributed by atoms with Crippen LogP contribution < -0.4 is 21.3 Å². The summed E-state index contributed by atoms with van der Waals surface area (Å²) in [6.45, 7) is 10.7. The van der Waals surface area contributed by atoms with Crippen LogP contribution in [0.1, 0.15) is 88.7 Å². The Bertz CT molecular complexity index is 1490. The number of aryl methyl sites for hydroxylation is 1. The zero-order valence-electron chi connectivity index (χ0n) is 26.4. The summed E-state index contributed by atoms with van der Waals surface area (Å²) in [7, 11) is 0. The lowest BCUT2D eigenvalue weighted by atomic mass is 9.86. The van der Waals surface area contributed by atoms with E-state index < -0.39 is 0 Å². The number of piperazine rings is 1. The Kier molecular flexibility index (Phi) is 9.39. The number of nitrogens with one attached hydrogen (secondary N) is 2. The van der Waals surface area contributed by atoms with Crippen LogP contribution in [0.5, 0.6) is 0 Å². The Morgan fingerprint density at radius 1 is 0.773 bits per heavy atom. The molecule has 2 aliphatic rings. The molecule has 3 amide bonds. The summed E-state index contributed by atoms with van der Waals surface area (Å²) in [6, 6.07) is 21.1. The van der Waals surface area contributed by atoms with Gasteiger partial charge in [0.15, 0.2) is 0 Å². The van der Waals surface area contributed by atoms with Crippen LogP contribution in [0.15, 0.2) is 66.7 Å². The predicted octanol–water partition coefficient (Wildman–Crippen LogP) is 5.51. The van der Waals surface area contributed by atoms with Crippen molar-refractivity contribution in [3.8, 4) is 0 Å². The number of hydrogen-bond donors (Lipinski definition) is 3. The smallest absolute Gasteiger partial charge is 0.255 e. The monoisotopic (exact) mass is 595 g/mol. The molecule has 0 bridgehead atoms. The van der Waals surface area contributed by atoms with E-state index in [1.165, 1.54) is 0 Å². The zero-order valence-corrected chi connectivity index (χ0v) is 26.4. The fraction of sp³-hybridized carbons (Fsp3) is 0.417. The summed E-state index contributed by atoms with van der Waals surface area (Å²) in [5, 5.41) is 6.26. The largest absolute Gasteiger partial charge is 0.366 e. The Morgan fingerprint density at radius 2 is 1.43 bits per heavy atom. The molecule has 1 heterocycles. The third-order valence-electron chi connectivity index (χ3n) is 8.80. The second-order valence-corrected chi connectivity index (χ2v) is 13.2. The van der Waals surface area contributed by atoms with E-state index in [0.29, 0.717) is 48.6 Å². The molecule has 8 heteroatoms. The van der Waals surface area contributed by atoms with Crippen LogP contribution in [0.25, 0.3) is 0 Å². The Hall–Kier alpha value is -4.17. The number of amides is 3. The van der Waals surface area contributed by atoms with Gasteiger partial charge in [-0.15, -0.1) is 0 Å². The normalized spacial score (nSPS) is 18.9. The minimum absolute atomic E-state index is 0.0177. The van der Waals surface area contributed by atoms with Gasteiger partial charge in [0.25, 0.3) is 17.7 Å². The van der Waals surface area contributed by atoms with Gasteiger partial charge >= 0.3 is 0 Å². The molecule has 0 spiro atoms. The molecule has 44 heavy (non-hydrogen) atoms. The highest BCUT2D eigenvalue weighted by atomic mass is 16.2. The van der Waals surface area contributed by atoms with Crippen molar-refractivity contribution >= 4 is 29.1 Å². The molecular weight excluding hydrogens is 550 g/mol. The number of rotatable bonds is 6. The number of carbonyl (C=O) groups is 3. The van der Waals surface area contributed by atoms with Gasteiger partial charge in [-0.3, -0.25) is 14.4 Å². The van der Waals surface area contributed by atoms with Crippen molar-refractivity contribution in [2.45, 2.75) is 70.9 Å². The van der Waals surface area contributed by atoms with Crippen molar-refractivity contribution in [3.05, 3.63) is 94.5 Å². The quantitative estimate of drug-likeness (QED) is 0.349. The second kappa shape index (κ2) is 13.2. The molecule has 1 saturated carbocycles. The highest BCUT2D eigenvalue weighted by Crippen LogP contribution is 2.30. The number of carbonyl (C=O) groups excluding carboxylic acids is 3. The van der Waals surface area contributed by atoms with Crippen LogP contribution in [0.4, 0.5) is 11.4 Å². The molecule has 8 nitrogen and oxygen atoms in total. The molecule has 0 aromatic heterocycles. The molecule has 1 aliphatic carbocycles. The number of hydrogen-bond acceptors (Lipinski definition) is 5. The molecule has 0 unspecified atom stereocenters. The van der Waals surface area contributed by atoms with Crippen LogP contribution >= 0.6 is 0 Å². The maximum absolute atomic E-state index is 13.5. The van der Waals surface area contributed by atoms with Crippen molar-refractivity contribution in [2.24, 2.45) is 5.73 Å². The van der Waals surface area contributed by atoms with Crippen LogP contribution in [0.3, 0.4) is 0 Å². The van der Waals surface area contributed by atoms with E-state index in [4.69, 9.17) is 5.73 Å². The average Bonchev–Trinajstić information content (AvgIpc) is 3.01. The maximum atomic E-state index is 13.5. The van der Waals surface area contributed by atoms with Gasteiger partial charge in [-0.25, -0.2) is 0 Å². The van der Waals surface area contributed by atoms with Crippen LogP contribution in [-0.2, 0) is 5.41 Å². The average molecular weight is 596 g/mol. The fourth-order valence-electron chi connectivity index (χ4n) is 6.01. The lowest BCUT2D eigenvalue weighted by Crippen LogP contribution is -2.49. The topological polar surface area (TPSA) is 108 Å². The van der Waals surface area contributed by atoms with Gasteiger partial charge in [-0.1, -0.05) is 50.6 Å². The third-order valence-corrected chi connectivity index (χ3v) is 8.80. The molecule has 232 valence electrons. The summed E-state index contributed by atoms with van der Waals surface area (Å²) in [5.41, 5.74) is 11.4. The summed E-state index contributed by atoms with van der Waals surface area (Å²) in [5.74, 6) is -0.370. The van der Waals surface area contributed by atoms with Crippen LogP contribution in [0, 0.1) is 6.92 Å². The van der Waals surface area contributed by atoms with Crippen LogP contribution in [-0.4, -0.2) is 60.9 Å². The standard InChI is InChI=1S/C36H45N5O3/c1-24-6-5-7-27(22-24)35(44)41-20-18-40(19-21-41)32-17-10-26(34(43)38-30-15-13-29(37)14-16-30)23-31(32)39-33(42)25-8-11-28(12-9-25)36(2,3)4/h5-12,17,22-23,29-30H,13-16,18-21,37H2,1-4H3,(H,38,43)(H,39,42). The molecule has 0 atom stereocenters. The molecule has 4 N–H and O–H groups in total. The van der Waals surface area contributed by atoms with Crippen molar-refractivity contribution in [1.29, 1.82) is 0 Å². The van der Waals surface area contributed by atoms with E-state index in [-0.39, 0.29) is 35.2 Å². The molecule has 3 aromatic rings. The van der Waals surface area contributed by atoms with E-state index >= 15 is 0 Å². The van der Waals surface area contributed by atoms with Gasteiger partial charge in [0, 0.05) is 55.0 Å². The van der Waals surface area contributed by atoms with Gasteiger partial charge in [-0.2, -0.15) is 0 Å². The highest BCUT2D eigenvalue weighted by Gasteiger charge is 2.26. The van der Waals surface area contributed by atoms with Gasteiger partial charge in [0.2, 0.25) is 0 Å². The Labute approximate surface area is 261 Å². The first-order valence-corrected chi connectivity index (χ1v) is 15.7. The number of nitrogens with two attached hydrogens (primary N) is 1. The predicted molar refractivity (Wildman–Crippen MR) is 177 cm³/mol. The van der Waals surface area contributed by atoms with Gasteiger partial charge in [0.05, 0.1) is 11.4 Å². The third kappa shape index (κ3) is 7.48. The van der Waals surface area contributed by atoms with Crippen molar-refractivity contribution in [1.82, 2.24) is 10.2 Å². The first-order chi connectivity index (χ1) is 21.0. The molecule has 1 saturated heterocycles. The zero-order chi connectivity index (χ0) is 31.4. The number of anilines is 2. The molecule has 2 fully saturated rings. The lowest BCUT2D eigenvalue weighted by Gasteiger charge is -2.37. The molecular formula is C36H45N5O3. The Morgan fingerprint density at radius 3 is 2.07 bits per heavy atom. The number of nitrogens with zero attached hydrogens (tertiary/aromatic N) is 2.